The molecule has 0 unspecified atom stereocenters. The lowest BCUT2D eigenvalue weighted by Gasteiger charge is -2.46. The van der Waals surface area contributed by atoms with E-state index < -0.39 is 5.54 Å². The lowest BCUT2D eigenvalue weighted by Crippen LogP contribution is -2.63. The molecule has 6 heteroatoms. The van der Waals surface area contributed by atoms with Gasteiger partial charge < -0.3 is 19.4 Å². The van der Waals surface area contributed by atoms with Gasteiger partial charge in [0.2, 0.25) is 5.91 Å². The molecule has 3 rings (SSSR count). The van der Waals surface area contributed by atoms with E-state index in [-0.39, 0.29) is 18.4 Å². The van der Waals surface area contributed by atoms with Gasteiger partial charge in [-0.05, 0) is 50.2 Å². The van der Waals surface area contributed by atoms with E-state index in [1.54, 1.807) is 16.9 Å². The Hall–Kier alpha value is -3.02. The summed E-state index contributed by atoms with van der Waals surface area (Å²) in [7, 11) is 5.42. The molecule has 0 atom stereocenters. The molecule has 1 heterocycles. The third-order valence-electron chi connectivity index (χ3n) is 4.99. The Morgan fingerprint density at radius 2 is 1.71 bits per heavy atom. The third-order valence-corrected chi connectivity index (χ3v) is 4.99. The fourth-order valence-corrected chi connectivity index (χ4v) is 3.75. The number of hydrogen-bond acceptors (Lipinski definition) is 4. The SMILES string of the molecule is COc1ccc(N2C(=O)CN(C(=O)c3ccccc3N(C)C)CC2(C)C)cc1. The van der Waals surface area contributed by atoms with Crippen LogP contribution in [0.1, 0.15) is 24.2 Å². The lowest BCUT2D eigenvalue weighted by atomic mass is 9.96. The number of rotatable bonds is 4. The molecule has 0 aromatic heterocycles. The number of amides is 2. The van der Waals surface area contributed by atoms with Gasteiger partial charge in [-0.1, -0.05) is 12.1 Å². The molecule has 0 spiro atoms. The summed E-state index contributed by atoms with van der Waals surface area (Å²) < 4.78 is 5.20. The molecule has 0 aliphatic carbocycles. The minimum Gasteiger partial charge on any atom is -0.497 e. The van der Waals surface area contributed by atoms with Gasteiger partial charge in [0.15, 0.2) is 0 Å². The molecule has 2 aromatic carbocycles. The number of para-hydroxylation sites is 1. The number of anilines is 2. The van der Waals surface area contributed by atoms with Crippen LogP contribution in [0.15, 0.2) is 48.5 Å². The van der Waals surface area contributed by atoms with Crippen molar-refractivity contribution in [2.24, 2.45) is 0 Å². The highest BCUT2D eigenvalue weighted by molar-refractivity contribution is 6.05. The van der Waals surface area contributed by atoms with Crippen LogP contribution in [0, 0.1) is 0 Å². The standard InChI is InChI=1S/C22H27N3O3/c1-22(2)15-24(21(27)18-8-6-7-9-19(18)23(3)4)14-20(26)25(22)16-10-12-17(28-5)13-11-16/h6-13H,14-15H2,1-5H3. The molecular formula is C22H27N3O3. The number of carbonyl (C=O) groups excluding carboxylic acids is 2. The van der Waals surface area contributed by atoms with Gasteiger partial charge in [0.1, 0.15) is 12.3 Å². The van der Waals surface area contributed by atoms with Gasteiger partial charge in [0.05, 0.1) is 18.2 Å². The Kier molecular flexibility index (Phi) is 5.31. The highest BCUT2D eigenvalue weighted by Gasteiger charge is 2.41. The molecule has 0 saturated carbocycles. The summed E-state index contributed by atoms with van der Waals surface area (Å²) in [5, 5.41) is 0. The van der Waals surface area contributed by atoms with Crippen molar-refractivity contribution in [1.29, 1.82) is 0 Å². The van der Waals surface area contributed by atoms with Crippen LogP contribution >= 0.6 is 0 Å². The first-order chi connectivity index (χ1) is 13.2. The highest BCUT2D eigenvalue weighted by Crippen LogP contribution is 2.31. The Bertz CT molecular complexity index is 875. The van der Waals surface area contributed by atoms with E-state index in [2.05, 4.69) is 0 Å². The molecule has 0 radical (unpaired) electrons. The van der Waals surface area contributed by atoms with E-state index in [0.29, 0.717) is 12.1 Å². The van der Waals surface area contributed by atoms with Gasteiger partial charge in [-0.15, -0.1) is 0 Å². The number of ether oxygens (including phenoxy) is 1. The summed E-state index contributed by atoms with van der Waals surface area (Å²) in [6.45, 7) is 4.46. The summed E-state index contributed by atoms with van der Waals surface area (Å²) >= 11 is 0. The summed E-state index contributed by atoms with van der Waals surface area (Å²) in [5.41, 5.74) is 1.72. The lowest BCUT2D eigenvalue weighted by molar-refractivity contribution is -0.122. The van der Waals surface area contributed by atoms with Crippen LogP contribution in [-0.4, -0.2) is 56.5 Å². The summed E-state index contributed by atoms with van der Waals surface area (Å²) in [4.78, 5) is 31.5. The smallest absolute Gasteiger partial charge is 0.256 e. The van der Waals surface area contributed by atoms with Crippen molar-refractivity contribution in [3.63, 3.8) is 0 Å². The molecule has 1 saturated heterocycles. The first-order valence-electron chi connectivity index (χ1n) is 9.27. The van der Waals surface area contributed by atoms with Crippen LogP contribution in [0.4, 0.5) is 11.4 Å². The molecule has 0 N–H and O–H groups in total. The largest absolute Gasteiger partial charge is 0.497 e. The van der Waals surface area contributed by atoms with E-state index in [0.717, 1.165) is 17.1 Å². The summed E-state index contributed by atoms with van der Waals surface area (Å²) in [5.74, 6) is 0.514. The molecule has 2 amide bonds. The predicted octanol–water partition coefficient (Wildman–Crippen LogP) is 3.03. The van der Waals surface area contributed by atoms with Crippen molar-refractivity contribution in [2.45, 2.75) is 19.4 Å². The van der Waals surface area contributed by atoms with Crippen molar-refractivity contribution in [3.05, 3.63) is 54.1 Å². The molecule has 1 fully saturated rings. The van der Waals surface area contributed by atoms with E-state index in [1.807, 2.05) is 81.4 Å². The van der Waals surface area contributed by atoms with Gasteiger partial charge in [0.25, 0.3) is 5.91 Å². The fraction of sp³-hybridized carbons (Fsp3) is 0.364. The average Bonchev–Trinajstić information content (AvgIpc) is 2.66. The number of methoxy groups -OCH3 is 1. The Morgan fingerprint density at radius 3 is 2.29 bits per heavy atom. The zero-order valence-corrected chi connectivity index (χ0v) is 17.1. The quantitative estimate of drug-likeness (QED) is 0.817. The molecule has 0 bridgehead atoms. The third kappa shape index (κ3) is 3.67. The maximum Gasteiger partial charge on any atom is 0.256 e. The minimum absolute atomic E-state index is 0.0516. The van der Waals surface area contributed by atoms with Crippen molar-refractivity contribution >= 4 is 23.2 Å². The first-order valence-corrected chi connectivity index (χ1v) is 9.27. The van der Waals surface area contributed by atoms with Crippen molar-refractivity contribution in [3.8, 4) is 5.75 Å². The van der Waals surface area contributed by atoms with Gasteiger partial charge in [-0.2, -0.15) is 0 Å². The second kappa shape index (κ2) is 7.54. The van der Waals surface area contributed by atoms with Crippen LogP contribution in [-0.2, 0) is 4.79 Å². The average molecular weight is 381 g/mol. The van der Waals surface area contributed by atoms with Crippen LogP contribution < -0.4 is 14.5 Å². The van der Waals surface area contributed by atoms with Crippen molar-refractivity contribution < 1.29 is 14.3 Å². The number of carbonyl (C=O) groups is 2. The monoisotopic (exact) mass is 381 g/mol. The normalized spacial score (nSPS) is 16.1. The summed E-state index contributed by atoms with van der Waals surface area (Å²) in [6, 6.07) is 14.9. The maximum absolute atomic E-state index is 13.2. The molecule has 148 valence electrons. The van der Waals surface area contributed by atoms with Gasteiger partial charge in [0, 0.05) is 32.0 Å². The van der Waals surface area contributed by atoms with Crippen molar-refractivity contribution in [2.75, 3.05) is 44.1 Å². The van der Waals surface area contributed by atoms with Crippen LogP contribution in [0.3, 0.4) is 0 Å². The number of nitrogens with zero attached hydrogens (tertiary/aromatic N) is 3. The molecule has 1 aliphatic heterocycles. The van der Waals surface area contributed by atoms with Gasteiger partial charge in [-0.3, -0.25) is 9.59 Å². The second-order valence-electron chi connectivity index (χ2n) is 7.81. The number of piperazine rings is 1. The Balaban J connectivity index is 1.87. The first kappa shape index (κ1) is 19.7. The fourth-order valence-electron chi connectivity index (χ4n) is 3.75. The maximum atomic E-state index is 13.2. The zero-order chi connectivity index (χ0) is 20.5. The number of benzene rings is 2. The van der Waals surface area contributed by atoms with E-state index in [4.69, 9.17) is 4.74 Å². The van der Waals surface area contributed by atoms with Crippen molar-refractivity contribution in [1.82, 2.24) is 4.90 Å². The molecule has 2 aromatic rings. The van der Waals surface area contributed by atoms with Crippen LogP contribution in [0.2, 0.25) is 0 Å². The van der Waals surface area contributed by atoms with Gasteiger partial charge in [-0.25, -0.2) is 0 Å². The molecule has 6 nitrogen and oxygen atoms in total. The predicted molar refractivity (Wildman–Crippen MR) is 111 cm³/mol. The number of hydrogen-bond donors (Lipinski definition) is 0. The Labute approximate surface area is 166 Å². The summed E-state index contributed by atoms with van der Waals surface area (Å²) in [6.07, 6.45) is 0. The molecule has 1 aliphatic rings. The molecular weight excluding hydrogens is 354 g/mol. The van der Waals surface area contributed by atoms with E-state index in [9.17, 15) is 9.59 Å². The van der Waals surface area contributed by atoms with E-state index in [1.165, 1.54) is 0 Å². The van der Waals surface area contributed by atoms with E-state index >= 15 is 0 Å². The second-order valence-corrected chi connectivity index (χ2v) is 7.81. The highest BCUT2D eigenvalue weighted by atomic mass is 16.5. The van der Waals surface area contributed by atoms with Crippen LogP contribution in [0.25, 0.3) is 0 Å². The van der Waals surface area contributed by atoms with Gasteiger partial charge >= 0.3 is 0 Å². The van der Waals surface area contributed by atoms with Crippen LogP contribution in [0.5, 0.6) is 5.75 Å². The zero-order valence-electron chi connectivity index (χ0n) is 17.1. The topological polar surface area (TPSA) is 53.1 Å². The Morgan fingerprint density at radius 1 is 1.07 bits per heavy atom. The minimum atomic E-state index is -0.535. The molecule has 28 heavy (non-hydrogen) atoms.